The zero-order valence-electron chi connectivity index (χ0n) is 4.65. The van der Waals surface area contributed by atoms with Crippen molar-refractivity contribution in [2.45, 2.75) is 0 Å². The third-order valence-corrected chi connectivity index (χ3v) is 0.726. The second kappa shape index (κ2) is 2.35. The molecule has 0 fully saturated rings. The molecular formula is C6H10N+. The molecule has 0 N–H and O–H groups in total. The standard InChI is InChI=1S/C6H10N/c1-5-6(2)7(3)4/h5H,1-3H2,4H3/q+1. The molecule has 0 aromatic carbocycles. The molecule has 0 aliphatic carbocycles. The molecule has 0 aliphatic heterocycles. The van der Waals surface area contributed by atoms with Gasteiger partial charge in [-0.25, -0.2) is 4.58 Å². The lowest BCUT2D eigenvalue weighted by Gasteiger charge is -1.85. The number of hydrogen-bond acceptors (Lipinski definition) is 0. The Labute approximate surface area is 44.3 Å². The van der Waals surface area contributed by atoms with Crippen LogP contribution in [0.1, 0.15) is 0 Å². The van der Waals surface area contributed by atoms with E-state index in [0.29, 0.717) is 0 Å². The topological polar surface area (TPSA) is 3.01 Å². The van der Waals surface area contributed by atoms with Gasteiger partial charge in [0.15, 0.2) is 5.70 Å². The predicted molar refractivity (Wildman–Crippen MR) is 32.6 cm³/mol. The van der Waals surface area contributed by atoms with Crippen molar-refractivity contribution in [3.05, 3.63) is 24.9 Å². The SMILES string of the molecule is C=CC(=C)[N+](=C)C. The van der Waals surface area contributed by atoms with Gasteiger partial charge in [0, 0.05) is 6.08 Å². The molecule has 0 rings (SSSR count). The molecule has 1 heteroatoms. The number of allylic oxidation sites excluding steroid dienone is 1. The summed E-state index contributed by atoms with van der Waals surface area (Å²) < 4.78 is 1.66. The van der Waals surface area contributed by atoms with E-state index in [0.717, 1.165) is 5.70 Å². The van der Waals surface area contributed by atoms with Crippen molar-refractivity contribution in [2.24, 2.45) is 0 Å². The quantitative estimate of drug-likeness (QED) is 0.274. The second-order valence-corrected chi connectivity index (χ2v) is 1.39. The van der Waals surface area contributed by atoms with E-state index in [2.05, 4.69) is 19.9 Å². The maximum absolute atomic E-state index is 3.62. The maximum Gasteiger partial charge on any atom is 0.196 e. The van der Waals surface area contributed by atoms with Gasteiger partial charge in [-0.1, -0.05) is 6.58 Å². The van der Waals surface area contributed by atoms with E-state index in [1.165, 1.54) is 0 Å². The van der Waals surface area contributed by atoms with Crippen LogP contribution in [0.2, 0.25) is 0 Å². The summed E-state index contributed by atoms with van der Waals surface area (Å²) >= 11 is 0. The van der Waals surface area contributed by atoms with Gasteiger partial charge in [0.1, 0.15) is 13.8 Å². The summed E-state index contributed by atoms with van der Waals surface area (Å²) in [5.41, 5.74) is 0.833. The number of likely N-dealkylation sites (N-methyl/N-ethyl adjacent to an activating group) is 1. The highest BCUT2D eigenvalue weighted by atomic mass is 14.9. The van der Waals surface area contributed by atoms with E-state index in [4.69, 9.17) is 0 Å². The van der Waals surface area contributed by atoms with Gasteiger partial charge in [-0.2, -0.15) is 0 Å². The highest BCUT2D eigenvalue weighted by molar-refractivity contribution is 5.18. The number of nitrogens with zero attached hydrogens (tertiary/aromatic N) is 1. The summed E-state index contributed by atoms with van der Waals surface area (Å²) in [5.74, 6) is 0. The minimum Gasteiger partial charge on any atom is -0.209 e. The third kappa shape index (κ3) is 1.93. The van der Waals surface area contributed by atoms with Crippen molar-refractivity contribution >= 4 is 6.72 Å². The summed E-state index contributed by atoms with van der Waals surface area (Å²) in [7, 11) is 1.82. The Morgan fingerprint density at radius 2 is 2.14 bits per heavy atom. The first-order valence-corrected chi connectivity index (χ1v) is 2.04. The highest BCUT2D eigenvalue weighted by Crippen LogP contribution is 1.85. The van der Waals surface area contributed by atoms with Crippen LogP contribution in [0.4, 0.5) is 0 Å². The predicted octanol–water partition coefficient (Wildman–Crippen LogP) is 1.03. The molecule has 1 nitrogen and oxygen atoms in total. The van der Waals surface area contributed by atoms with E-state index in [9.17, 15) is 0 Å². The van der Waals surface area contributed by atoms with Crippen LogP contribution < -0.4 is 0 Å². The zero-order chi connectivity index (χ0) is 5.86. The van der Waals surface area contributed by atoms with E-state index >= 15 is 0 Å². The fourth-order valence-electron chi connectivity index (χ4n) is 0.156. The molecule has 0 unspecified atom stereocenters. The average Bonchev–Trinajstić information content (AvgIpc) is 1.65. The van der Waals surface area contributed by atoms with Crippen LogP contribution in [0.25, 0.3) is 0 Å². The van der Waals surface area contributed by atoms with Gasteiger partial charge in [0.25, 0.3) is 0 Å². The van der Waals surface area contributed by atoms with Gasteiger partial charge in [0.2, 0.25) is 0 Å². The lowest BCUT2D eigenvalue weighted by atomic mass is 10.5. The minimum absolute atomic E-state index is 0.833. The lowest BCUT2D eigenvalue weighted by Crippen LogP contribution is -1.95. The molecule has 0 saturated heterocycles. The van der Waals surface area contributed by atoms with E-state index in [1.807, 2.05) is 7.05 Å². The van der Waals surface area contributed by atoms with Gasteiger partial charge < -0.3 is 0 Å². The normalized spacial score (nSPS) is 7.57. The van der Waals surface area contributed by atoms with E-state index in [-0.39, 0.29) is 0 Å². The summed E-state index contributed by atoms with van der Waals surface area (Å²) in [6, 6.07) is 0. The van der Waals surface area contributed by atoms with Crippen molar-refractivity contribution in [2.75, 3.05) is 7.05 Å². The molecule has 7 heavy (non-hydrogen) atoms. The summed E-state index contributed by atoms with van der Waals surface area (Å²) in [6.07, 6.45) is 1.66. The maximum atomic E-state index is 3.62. The Morgan fingerprint density at radius 3 is 2.14 bits per heavy atom. The van der Waals surface area contributed by atoms with Gasteiger partial charge in [0.05, 0.1) is 0 Å². The highest BCUT2D eigenvalue weighted by Gasteiger charge is 1.89. The first-order valence-electron chi connectivity index (χ1n) is 2.04. The van der Waals surface area contributed by atoms with Crippen LogP contribution in [-0.2, 0) is 0 Å². The molecule has 0 saturated carbocycles. The first-order chi connectivity index (χ1) is 3.18. The van der Waals surface area contributed by atoms with Crippen LogP contribution in [0.5, 0.6) is 0 Å². The molecule has 38 valence electrons. The summed E-state index contributed by atoms with van der Waals surface area (Å²) in [4.78, 5) is 0. The summed E-state index contributed by atoms with van der Waals surface area (Å²) in [6.45, 7) is 10.7. The van der Waals surface area contributed by atoms with Gasteiger partial charge in [-0.05, 0) is 6.58 Å². The van der Waals surface area contributed by atoms with Gasteiger partial charge in [-0.3, -0.25) is 0 Å². The second-order valence-electron chi connectivity index (χ2n) is 1.39. The van der Waals surface area contributed by atoms with Crippen LogP contribution >= 0.6 is 0 Å². The van der Waals surface area contributed by atoms with Crippen molar-refractivity contribution < 1.29 is 4.58 Å². The molecule has 0 aromatic rings. The molecule has 0 spiro atoms. The van der Waals surface area contributed by atoms with Crippen LogP contribution in [0.3, 0.4) is 0 Å². The van der Waals surface area contributed by atoms with E-state index in [1.54, 1.807) is 10.7 Å². The molecule has 0 atom stereocenters. The Bertz CT molecular complexity index is 111. The Balaban J connectivity index is 3.81. The van der Waals surface area contributed by atoms with Crippen molar-refractivity contribution in [3.8, 4) is 0 Å². The fraction of sp³-hybridized carbons (Fsp3) is 0.167. The van der Waals surface area contributed by atoms with Crippen molar-refractivity contribution in [3.63, 3.8) is 0 Å². The molecular weight excluding hydrogens is 86.1 g/mol. The number of rotatable bonds is 2. The molecule has 0 amide bonds. The van der Waals surface area contributed by atoms with Gasteiger partial charge in [-0.15, -0.1) is 0 Å². The van der Waals surface area contributed by atoms with Crippen molar-refractivity contribution in [1.82, 2.24) is 0 Å². The van der Waals surface area contributed by atoms with E-state index < -0.39 is 0 Å². The molecule has 0 aliphatic rings. The Morgan fingerprint density at radius 1 is 1.71 bits per heavy atom. The number of hydrogen-bond donors (Lipinski definition) is 0. The van der Waals surface area contributed by atoms with Gasteiger partial charge >= 0.3 is 0 Å². The van der Waals surface area contributed by atoms with Crippen LogP contribution in [-0.4, -0.2) is 18.3 Å². The summed E-state index contributed by atoms with van der Waals surface area (Å²) in [5, 5.41) is 0. The smallest absolute Gasteiger partial charge is 0.196 e. The molecule has 0 aromatic heterocycles. The third-order valence-electron chi connectivity index (χ3n) is 0.726. The largest absolute Gasteiger partial charge is 0.209 e. The average molecular weight is 96.2 g/mol. The van der Waals surface area contributed by atoms with Crippen LogP contribution in [0.15, 0.2) is 24.9 Å². The lowest BCUT2D eigenvalue weighted by molar-refractivity contribution is -0.427. The molecule has 0 bridgehead atoms. The minimum atomic E-state index is 0.833. The molecule has 0 heterocycles. The monoisotopic (exact) mass is 96.1 g/mol. The Kier molecular flexibility index (Phi) is 2.06. The Hall–Kier alpha value is -0.850. The zero-order valence-corrected chi connectivity index (χ0v) is 4.65. The van der Waals surface area contributed by atoms with Crippen LogP contribution in [0, 0.1) is 0 Å². The fourth-order valence-corrected chi connectivity index (χ4v) is 0.156. The first kappa shape index (κ1) is 6.15. The van der Waals surface area contributed by atoms with Crippen molar-refractivity contribution in [1.29, 1.82) is 0 Å². The molecule has 0 radical (unpaired) electrons.